The number of aromatic nitrogens is 1. The van der Waals surface area contributed by atoms with E-state index in [4.69, 9.17) is 16.3 Å². The van der Waals surface area contributed by atoms with Gasteiger partial charge in [0.05, 0.1) is 6.61 Å². The Balaban J connectivity index is 2.12. The minimum absolute atomic E-state index is 0.0565. The largest absolute Gasteiger partial charge is 0.361 e. The van der Waals surface area contributed by atoms with E-state index in [1.165, 1.54) is 6.20 Å². The number of carbonyl (C=O) groups is 1. The van der Waals surface area contributed by atoms with Crippen molar-refractivity contribution < 1.29 is 9.53 Å². The van der Waals surface area contributed by atoms with Crippen LogP contribution in [0.25, 0.3) is 0 Å². The van der Waals surface area contributed by atoms with Crippen LogP contribution in [0, 0.1) is 0 Å². The van der Waals surface area contributed by atoms with Crippen molar-refractivity contribution in [3.8, 4) is 0 Å². The van der Waals surface area contributed by atoms with Gasteiger partial charge < -0.3 is 9.64 Å². The van der Waals surface area contributed by atoms with E-state index in [2.05, 4.69) is 4.98 Å². The third kappa shape index (κ3) is 2.46. The van der Waals surface area contributed by atoms with Gasteiger partial charge in [-0.1, -0.05) is 11.6 Å². The first kappa shape index (κ1) is 10.4. The van der Waals surface area contributed by atoms with Crippen molar-refractivity contribution in [2.24, 2.45) is 0 Å². The second-order valence-corrected chi connectivity index (χ2v) is 3.71. The Bertz CT molecular complexity index is 364. The van der Waals surface area contributed by atoms with Gasteiger partial charge in [0.15, 0.2) is 0 Å². The lowest BCUT2D eigenvalue weighted by molar-refractivity contribution is -0.00571. The fourth-order valence-corrected chi connectivity index (χ4v) is 1.65. The summed E-state index contributed by atoms with van der Waals surface area (Å²) in [4.78, 5) is 17.4. The van der Waals surface area contributed by atoms with Gasteiger partial charge in [-0.05, 0) is 18.6 Å². The maximum Gasteiger partial charge on any atom is 0.255 e. The topological polar surface area (TPSA) is 42.4 Å². The minimum atomic E-state index is -0.0565. The number of pyridine rings is 1. The molecule has 0 saturated carbocycles. The molecule has 80 valence electrons. The van der Waals surface area contributed by atoms with Gasteiger partial charge in [-0.25, -0.2) is 4.98 Å². The molecule has 0 aliphatic carbocycles. The first-order valence-corrected chi connectivity index (χ1v) is 5.14. The van der Waals surface area contributed by atoms with Crippen LogP contribution in [0.5, 0.6) is 0 Å². The van der Waals surface area contributed by atoms with Crippen molar-refractivity contribution in [1.29, 1.82) is 0 Å². The summed E-state index contributed by atoms with van der Waals surface area (Å²) in [5.74, 6) is -0.0565. The molecule has 0 N–H and O–H groups in total. The van der Waals surface area contributed by atoms with Crippen LogP contribution in [0.2, 0.25) is 5.15 Å². The van der Waals surface area contributed by atoms with Crippen molar-refractivity contribution >= 4 is 17.5 Å². The standard InChI is InChI=1S/C10H11ClN2O2/c11-9-6-8(2-3-12-9)10(14)13-4-1-5-15-7-13/h2-3,6H,1,4-5,7H2. The number of nitrogens with zero attached hydrogens (tertiary/aromatic N) is 2. The molecule has 0 spiro atoms. The van der Waals surface area contributed by atoms with Crippen molar-refractivity contribution in [1.82, 2.24) is 9.88 Å². The Morgan fingerprint density at radius 2 is 2.47 bits per heavy atom. The molecular formula is C10H11ClN2O2. The normalized spacial score (nSPS) is 16.5. The zero-order chi connectivity index (χ0) is 10.7. The SMILES string of the molecule is O=C(c1ccnc(Cl)c1)N1CCCOC1. The molecule has 0 aromatic carbocycles. The number of ether oxygens (including phenoxy) is 1. The maximum absolute atomic E-state index is 11.9. The van der Waals surface area contributed by atoms with Crippen molar-refractivity contribution in [2.75, 3.05) is 19.9 Å². The Morgan fingerprint density at radius 3 is 3.13 bits per heavy atom. The van der Waals surface area contributed by atoms with Crippen molar-refractivity contribution in [3.63, 3.8) is 0 Å². The van der Waals surface area contributed by atoms with E-state index in [-0.39, 0.29) is 5.91 Å². The van der Waals surface area contributed by atoms with E-state index in [1.54, 1.807) is 17.0 Å². The van der Waals surface area contributed by atoms with Crippen LogP contribution in [0.1, 0.15) is 16.8 Å². The number of hydrogen-bond donors (Lipinski definition) is 0. The van der Waals surface area contributed by atoms with Crippen LogP contribution in [-0.4, -0.2) is 35.7 Å². The molecule has 5 heteroatoms. The summed E-state index contributed by atoms with van der Waals surface area (Å²) in [6.07, 6.45) is 2.41. The summed E-state index contributed by atoms with van der Waals surface area (Å²) in [7, 11) is 0. The Hall–Kier alpha value is -1.13. The molecule has 1 amide bonds. The molecule has 2 rings (SSSR count). The van der Waals surface area contributed by atoms with Crippen molar-refractivity contribution in [2.45, 2.75) is 6.42 Å². The van der Waals surface area contributed by atoms with Gasteiger partial charge in [-0.3, -0.25) is 4.79 Å². The van der Waals surface area contributed by atoms with E-state index < -0.39 is 0 Å². The molecule has 1 fully saturated rings. The molecule has 15 heavy (non-hydrogen) atoms. The fourth-order valence-electron chi connectivity index (χ4n) is 1.48. The van der Waals surface area contributed by atoms with Gasteiger partial charge in [0.25, 0.3) is 5.91 Å². The van der Waals surface area contributed by atoms with Gasteiger partial charge >= 0.3 is 0 Å². The lowest BCUT2D eigenvalue weighted by Gasteiger charge is -2.26. The zero-order valence-electron chi connectivity index (χ0n) is 8.15. The predicted octanol–water partition coefficient (Wildman–Crippen LogP) is 1.55. The van der Waals surface area contributed by atoms with Gasteiger partial charge in [-0.15, -0.1) is 0 Å². The molecule has 0 unspecified atom stereocenters. The maximum atomic E-state index is 11.9. The monoisotopic (exact) mass is 226 g/mol. The molecular weight excluding hydrogens is 216 g/mol. The van der Waals surface area contributed by atoms with Crippen LogP contribution in [-0.2, 0) is 4.74 Å². The molecule has 0 bridgehead atoms. The van der Waals surface area contributed by atoms with Gasteiger partial charge in [-0.2, -0.15) is 0 Å². The second-order valence-electron chi connectivity index (χ2n) is 3.33. The number of carbonyl (C=O) groups excluding carboxylic acids is 1. The van der Waals surface area contributed by atoms with Crippen LogP contribution < -0.4 is 0 Å². The van der Waals surface area contributed by atoms with Gasteiger partial charge in [0.2, 0.25) is 0 Å². The van der Waals surface area contributed by atoms with Gasteiger partial charge in [0, 0.05) is 18.3 Å². The minimum Gasteiger partial charge on any atom is -0.361 e. The van der Waals surface area contributed by atoms with Crippen molar-refractivity contribution in [3.05, 3.63) is 29.0 Å². The fraction of sp³-hybridized carbons (Fsp3) is 0.400. The number of rotatable bonds is 1. The molecule has 1 aromatic rings. The highest BCUT2D eigenvalue weighted by molar-refractivity contribution is 6.29. The van der Waals surface area contributed by atoms with Crippen LogP contribution in [0.3, 0.4) is 0 Å². The Labute approximate surface area is 92.8 Å². The van der Waals surface area contributed by atoms with E-state index >= 15 is 0 Å². The highest BCUT2D eigenvalue weighted by atomic mass is 35.5. The molecule has 2 heterocycles. The average Bonchev–Trinajstić information content (AvgIpc) is 2.29. The predicted molar refractivity (Wildman–Crippen MR) is 55.7 cm³/mol. The third-order valence-corrected chi connectivity index (χ3v) is 2.43. The second kappa shape index (κ2) is 4.59. The van der Waals surface area contributed by atoms with E-state index in [0.29, 0.717) is 17.4 Å². The molecule has 1 saturated heterocycles. The lowest BCUT2D eigenvalue weighted by Crippen LogP contribution is -2.38. The quantitative estimate of drug-likeness (QED) is 0.683. The van der Waals surface area contributed by atoms with Crippen LogP contribution >= 0.6 is 11.6 Å². The number of hydrogen-bond acceptors (Lipinski definition) is 3. The number of halogens is 1. The van der Waals surface area contributed by atoms with Gasteiger partial charge in [0.1, 0.15) is 11.9 Å². The molecule has 4 nitrogen and oxygen atoms in total. The molecule has 0 radical (unpaired) electrons. The first-order valence-electron chi connectivity index (χ1n) is 4.76. The summed E-state index contributed by atoms with van der Waals surface area (Å²) in [5, 5.41) is 0.332. The highest BCUT2D eigenvalue weighted by Crippen LogP contribution is 2.11. The summed E-state index contributed by atoms with van der Waals surface area (Å²) in [6, 6.07) is 3.22. The Morgan fingerprint density at radius 1 is 1.60 bits per heavy atom. The summed E-state index contributed by atoms with van der Waals surface area (Å²) < 4.78 is 5.21. The highest BCUT2D eigenvalue weighted by Gasteiger charge is 2.18. The molecule has 1 aromatic heterocycles. The zero-order valence-corrected chi connectivity index (χ0v) is 8.91. The summed E-state index contributed by atoms with van der Waals surface area (Å²) in [6.45, 7) is 1.82. The Kier molecular flexibility index (Phi) is 3.18. The third-order valence-electron chi connectivity index (χ3n) is 2.22. The van der Waals surface area contributed by atoms with Crippen LogP contribution in [0.15, 0.2) is 18.3 Å². The first-order chi connectivity index (χ1) is 7.27. The molecule has 0 atom stereocenters. The lowest BCUT2D eigenvalue weighted by atomic mass is 10.2. The average molecular weight is 227 g/mol. The molecule has 1 aliphatic heterocycles. The summed E-state index contributed by atoms with van der Waals surface area (Å²) >= 11 is 5.71. The smallest absolute Gasteiger partial charge is 0.255 e. The van der Waals surface area contributed by atoms with Crippen LogP contribution in [0.4, 0.5) is 0 Å². The molecule has 1 aliphatic rings. The van der Waals surface area contributed by atoms with E-state index in [1.807, 2.05) is 0 Å². The number of amides is 1. The van der Waals surface area contributed by atoms with E-state index in [9.17, 15) is 4.79 Å². The summed E-state index contributed by atoms with van der Waals surface area (Å²) in [5.41, 5.74) is 0.556. The van der Waals surface area contributed by atoms with E-state index in [0.717, 1.165) is 19.6 Å².